The summed E-state index contributed by atoms with van der Waals surface area (Å²) in [6.45, 7) is 7.73. The first kappa shape index (κ1) is 13.2. The number of benzene rings is 1. The number of carbonyl (C=O) groups is 1. The summed E-state index contributed by atoms with van der Waals surface area (Å²) < 4.78 is 0. The molecule has 1 rings (SSSR count). The zero-order chi connectivity index (χ0) is 11.1. The van der Waals surface area contributed by atoms with Crippen molar-refractivity contribution in [2.24, 2.45) is 5.92 Å². The van der Waals surface area contributed by atoms with Crippen molar-refractivity contribution in [3.63, 3.8) is 0 Å². The first-order chi connectivity index (χ1) is 6.63. The van der Waals surface area contributed by atoms with E-state index >= 15 is 0 Å². The Morgan fingerprint density at radius 3 is 2.14 bits per heavy atom. The molecule has 0 saturated carbocycles. The topological polar surface area (TPSA) is 17.1 Å². The van der Waals surface area contributed by atoms with Crippen LogP contribution in [-0.2, 0) is 0 Å². The lowest BCUT2D eigenvalue weighted by atomic mass is 10.0. The largest absolute Gasteiger partial charge is 0.294 e. The van der Waals surface area contributed by atoms with Gasteiger partial charge in [-0.25, -0.2) is 0 Å². The molecule has 0 amide bonds. The van der Waals surface area contributed by atoms with Crippen LogP contribution in [0.1, 0.15) is 38.1 Å². The minimum atomic E-state index is 0.00454. The average molecular weight is 213 g/mol. The molecule has 1 aromatic rings. The molecular formula is C12H17ClO. The molecule has 0 spiro atoms. The smallest absolute Gasteiger partial charge is 0.166 e. The zero-order valence-corrected chi connectivity index (χ0v) is 9.93. The third-order valence-corrected chi connectivity index (χ3v) is 1.99. The Morgan fingerprint density at radius 1 is 1.21 bits per heavy atom. The summed E-state index contributed by atoms with van der Waals surface area (Å²) in [4.78, 5) is 11.5. The summed E-state index contributed by atoms with van der Waals surface area (Å²) in [5.74, 6) is 0.102. The van der Waals surface area contributed by atoms with Gasteiger partial charge in [-0.1, -0.05) is 51.4 Å². The molecule has 2 heteroatoms. The average Bonchev–Trinajstić information content (AvgIpc) is 2.20. The standard InChI is InChI=1S/C10H11ClO.C2H6/c1-7(2)10(12)8-5-3-4-6-9(8)11;1-2/h3-7H,1-2H3;1-2H3. The molecule has 0 heterocycles. The van der Waals surface area contributed by atoms with Crippen molar-refractivity contribution in [1.82, 2.24) is 0 Å². The van der Waals surface area contributed by atoms with Gasteiger partial charge < -0.3 is 0 Å². The second kappa shape index (κ2) is 6.61. The lowest BCUT2D eigenvalue weighted by Crippen LogP contribution is -2.07. The SMILES string of the molecule is CC.CC(C)C(=O)c1ccccc1Cl. The Morgan fingerprint density at radius 2 is 1.71 bits per heavy atom. The molecule has 0 aromatic heterocycles. The summed E-state index contributed by atoms with van der Waals surface area (Å²) in [5.41, 5.74) is 0.620. The summed E-state index contributed by atoms with van der Waals surface area (Å²) >= 11 is 5.84. The highest BCUT2D eigenvalue weighted by molar-refractivity contribution is 6.34. The van der Waals surface area contributed by atoms with E-state index < -0.39 is 0 Å². The second-order valence-electron chi connectivity index (χ2n) is 3.00. The van der Waals surface area contributed by atoms with E-state index in [0.29, 0.717) is 10.6 Å². The molecule has 0 aliphatic carbocycles. The van der Waals surface area contributed by atoms with Crippen molar-refractivity contribution < 1.29 is 4.79 Å². The van der Waals surface area contributed by atoms with Gasteiger partial charge in [0.15, 0.2) is 5.78 Å². The highest BCUT2D eigenvalue weighted by Crippen LogP contribution is 2.18. The van der Waals surface area contributed by atoms with Gasteiger partial charge in [0.05, 0.1) is 5.02 Å². The van der Waals surface area contributed by atoms with E-state index in [1.54, 1.807) is 12.1 Å². The van der Waals surface area contributed by atoms with Crippen LogP contribution in [0.25, 0.3) is 0 Å². The number of hydrogen-bond acceptors (Lipinski definition) is 1. The van der Waals surface area contributed by atoms with Crippen LogP contribution >= 0.6 is 11.6 Å². The summed E-state index contributed by atoms with van der Waals surface area (Å²) in [7, 11) is 0. The summed E-state index contributed by atoms with van der Waals surface area (Å²) in [6, 6.07) is 7.13. The van der Waals surface area contributed by atoms with Gasteiger partial charge in [0.2, 0.25) is 0 Å². The fraction of sp³-hybridized carbons (Fsp3) is 0.417. The van der Waals surface area contributed by atoms with E-state index in [1.165, 1.54) is 0 Å². The summed E-state index contributed by atoms with van der Waals surface area (Å²) in [5, 5.41) is 0.538. The van der Waals surface area contributed by atoms with E-state index in [1.807, 2.05) is 39.8 Å². The lowest BCUT2D eigenvalue weighted by molar-refractivity contribution is 0.0939. The number of hydrogen-bond donors (Lipinski definition) is 0. The Hall–Kier alpha value is -0.820. The normalized spacial score (nSPS) is 9.29. The highest BCUT2D eigenvalue weighted by atomic mass is 35.5. The third-order valence-electron chi connectivity index (χ3n) is 1.66. The van der Waals surface area contributed by atoms with Crippen LogP contribution in [-0.4, -0.2) is 5.78 Å². The van der Waals surface area contributed by atoms with E-state index in [-0.39, 0.29) is 11.7 Å². The minimum Gasteiger partial charge on any atom is -0.294 e. The Bertz CT molecular complexity index is 292. The molecule has 1 nitrogen and oxygen atoms in total. The molecular weight excluding hydrogens is 196 g/mol. The van der Waals surface area contributed by atoms with Crippen molar-refractivity contribution in [2.75, 3.05) is 0 Å². The first-order valence-corrected chi connectivity index (χ1v) is 5.29. The number of ketones is 1. The molecule has 0 radical (unpaired) electrons. The molecule has 0 aliphatic rings. The lowest BCUT2D eigenvalue weighted by Gasteiger charge is -2.04. The number of carbonyl (C=O) groups excluding carboxylic acids is 1. The molecule has 0 atom stereocenters. The van der Waals surface area contributed by atoms with Gasteiger partial charge in [0.25, 0.3) is 0 Å². The monoisotopic (exact) mass is 212 g/mol. The van der Waals surface area contributed by atoms with Crippen molar-refractivity contribution >= 4 is 17.4 Å². The van der Waals surface area contributed by atoms with Crippen LogP contribution in [0.2, 0.25) is 5.02 Å². The van der Waals surface area contributed by atoms with Crippen LogP contribution in [0.5, 0.6) is 0 Å². The molecule has 14 heavy (non-hydrogen) atoms. The van der Waals surface area contributed by atoms with E-state index in [9.17, 15) is 4.79 Å². The quantitative estimate of drug-likeness (QED) is 0.672. The van der Waals surface area contributed by atoms with Crippen molar-refractivity contribution in [2.45, 2.75) is 27.7 Å². The number of rotatable bonds is 2. The van der Waals surface area contributed by atoms with E-state index in [2.05, 4.69) is 0 Å². The molecule has 0 bridgehead atoms. The number of Topliss-reactive ketones (excluding diaryl/α,β-unsaturated/α-hetero) is 1. The third kappa shape index (κ3) is 3.51. The maximum atomic E-state index is 11.5. The van der Waals surface area contributed by atoms with Crippen LogP contribution in [0.15, 0.2) is 24.3 Å². The summed E-state index contributed by atoms with van der Waals surface area (Å²) in [6.07, 6.45) is 0. The van der Waals surface area contributed by atoms with Gasteiger partial charge >= 0.3 is 0 Å². The Kier molecular flexibility index (Phi) is 6.22. The maximum Gasteiger partial charge on any atom is 0.166 e. The van der Waals surface area contributed by atoms with Gasteiger partial charge in [-0.05, 0) is 12.1 Å². The first-order valence-electron chi connectivity index (χ1n) is 4.91. The fourth-order valence-corrected chi connectivity index (χ4v) is 1.20. The molecule has 1 aromatic carbocycles. The molecule has 0 aliphatic heterocycles. The second-order valence-corrected chi connectivity index (χ2v) is 3.41. The van der Waals surface area contributed by atoms with Crippen LogP contribution < -0.4 is 0 Å². The minimum absolute atomic E-state index is 0.00454. The van der Waals surface area contributed by atoms with Crippen LogP contribution in [0.3, 0.4) is 0 Å². The number of halogens is 1. The predicted octanol–water partition coefficient (Wildman–Crippen LogP) is 4.20. The van der Waals surface area contributed by atoms with Gasteiger partial charge in [-0.2, -0.15) is 0 Å². The van der Waals surface area contributed by atoms with Crippen molar-refractivity contribution in [1.29, 1.82) is 0 Å². The van der Waals surface area contributed by atoms with Gasteiger partial charge in [-0.3, -0.25) is 4.79 Å². The maximum absolute atomic E-state index is 11.5. The van der Waals surface area contributed by atoms with Crippen LogP contribution in [0, 0.1) is 5.92 Å². The molecule has 0 saturated heterocycles. The zero-order valence-electron chi connectivity index (χ0n) is 9.17. The Balaban J connectivity index is 0.000000791. The predicted molar refractivity (Wildman–Crippen MR) is 62.0 cm³/mol. The van der Waals surface area contributed by atoms with Gasteiger partial charge in [-0.15, -0.1) is 0 Å². The molecule has 0 unspecified atom stereocenters. The van der Waals surface area contributed by atoms with Crippen molar-refractivity contribution in [3.05, 3.63) is 34.9 Å². The van der Waals surface area contributed by atoms with E-state index in [0.717, 1.165) is 0 Å². The molecule has 0 fully saturated rings. The van der Waals surface area contributed by atoms with Gasteiger partial charge in [0, 0.05) is 11.5 Å². The highest BCUT2D eigenvalue weighted by Gasteiger charge is 2.12. The van der Waals surface area contributed by atoms with Crippen molar-refractivity contribution in [3.8, 4) is 0 Å². The molecule has 78 valence electrons. The fourth-order valence-electron chi connectivity index (χ4n) is 0.972. The van der Waals surface area contributed by atoms with E-state index in [4.69, 9.17) is 11.6 Å². The van der Waals surface area contributed by atoms with Crippen LogP contribution in [0.4, 0.5) is 0 Å². The molecule has 0 N–H and O–H groups in total. The Labute approximate surface area is 91.1 Å². The van der Waals surface area contributed by atoms with Gasteiger partial charge in [0.1, 0.15) is 0 Å².